The number of fused-ring (bicyclic) bond motifs is 1. The van der Waals surface area contributed by atoms with Gasteiger partial charge in [-0.2, -0.15) is 0 Å². The van der Waals surface area contributed by atoms with Gasteiger partial charge in [-0.05, 0) is 55.2 Å². The van der Waals surface area contributed by atoms with Crippen molar-refractivity contribution in [1.82, 2.24) is 4.57 Å². The third-order valence-corrected chi connectivity index (χ3v) is 8.12. The second-order valence-corrected chi connectivity index (χ2v) is 11.2. The largest absolute Gasteiger partial charge is 0.478 e. The Labute approximate surface area is 244 Å². The number of nitrogens with zero attached hydrogens (tertiary/aromatic N) is 2. The van der Waals surface area contributed by atoms with Crippen molar-refractivity contribution in [3.8, 4) is 11.3 Å². The minimum Gasteiger partial charge on any atom is -0.478 e. The zero-order valence-corrected chi connectivity index (χ0v) is 24.4. The van der Waals surface area contributed by atoms with E-state index in [4.69, 9.17) is 20.8 Å². The molecule has 2 aromatic heterocycles. The van der Waals surface area contributed by atoms with Crippen molar-refractivity contribution in [3.63, 3.8) is 0 Å². The van der Waals surface area contributed by atoms with Gasteiger partial charge in [0.25, 0.3) is 5.56 Å². The molecule has 0 fully saturated rings. The Morgan fingerprint density at radius 1 is 1.17 bits per heavy atom. The van der Waals surface area contributed by atoms with Crippen LogP contribution < -0.4 is 14.9 Å². The second-order valence-electron chi connectivity index (χ2n) is 9.83. The summed E-state index contributed by atoms with van der Waals surface area (Å²) in [5.41, 5.74) is 3.03. The summed E-state index contributed by atoms with van der Waals surface area (Å²) in [5, 5.41) is 9.32. The van der Waals surface area contributed by atoms with Crippen molar-refractivity contribution in [2.45, 2.75) is 39.7 Å². The second kappa shape index (κ2) is 11.3. The van der Waals surface area contributed by atoms with Gasteiger partial charge in [-0.25, -0.2) is 14.6 Å². The highest BCUT2D eigenvalue weighted by Gasteiger charge is 2.33. The summed E-state index contributed by atoms with van der Waals surface area (Å²) >= 11 is 7.33. The zero-order valence-electron chi connectivity index (χ0n) is 22.8. The number of rotatable bonds is 7. The molecule has 8 nitrogen and oxygen atoms in total. The predicted octanol–water partition coefficient (Wildman–Crippen LogP) is 5.53. The van der Waals surface area contributed by atoms with E-state index in [-0.39, 0.29) is 22.8 Å². The van der Waals surface area contributed by atoms with Crippen LogP contribution in [0, 0.1) is 0 Å². The number of hydrogen-bond acceptors (Lipinski definition) is 7. The number of benzene rings is 2. The number of carbonyl (C=O) groups excluding carboxylic acids is 1. The summed E-state index contributed by atoms with van der Waals surface area (Å²) in [7, 11) is 0. The van der Waals surface area contributed by atoms with E-state index < -0.39 is 18.0 Å². The highest BCUT2D eigenvalue weighted by Crippen LogP contribution is 2.32. The first kappa shape index (κ1) is 28.3. The van der Waals surface area contributed by atoms with E-state index >= 15 is 0 Å². The molecule has 0 aliphatic carbocycles. The van der Waals surface area contributed by atoms with Gasteiger partial charge in [0, 0.05) is 11.6 Å². The fourth-order valence-electron chi connectivity index (χ4n) is 4.73. The molecule has 10 heteroatoms. The highest BCUT2D eigenvalue weighted by atomic mass is 35.5. The first-order valence-electron chi connectivity index (χ1n) is 13.0. The number of carbonyl (C=O) groups is 2. The topological polar surface area (TPSA) is 111 Å². The Morgan fingerprint density at radius 3 is 2.54 bits per heavy atom. The molecule has 2 aromatic carbocycles. The van der Waals surface area contributed by atoms with Crippen molar-refractivity contribution in [2.24, 2.45) is 4.99 Å². The summed E-state index contributed by atoms with van der Waals surface area (Å²) in [6.45, 7) is 7.89. The number of allylic oxidation sites excluding steroid dienone is 1. The Hall–Kier alpha value is -4.21. The Kier molecular flexibility index (Phi) is 7.84. The van der Waals surface area contributed by atoms with E-state index in [0.717, 1.165) is 11.1 Å². The van der Waals surface area contributed by atoms with Gasteiger partial charge in [-0.3, -0.25) is 9.36 Å². The monoisotopic (exact) mass is 590 g/mol. The third kappa shape index (κ3) is 5.42. The van der Waals surface area contributed by atoms with Crippen molar-refractivity contribution in [2.75, 3.05) is 6.61 Å². The lowest BCUT2D eigenvalue weighted by atomic mass is 9.93. The molecule has 0 spiro atoms. The molecule has 3 heterocycles. The molecule has 0 unspecified atom stereocenters. The molecule has 5 rings (SSSR count). The number of ether oxygens (including phenoxy) is 1. The number of carboxylic acids is 1. The summed E-state index contributed by atoms with van der Waals surface area (Å²) in [6, 6.07) is 15.2. The molecule has 0 saturated heterocycles. The summed E-state index contributed by atoms with van der Waals surface area (Å²) in [4.78, 5) is 43.3. The maximum absolute atomic E-state index is 13.8. The lowest BCUT2D eigenvalue weighted by Crippen LogP contribution is -2.39. The molecule has 210 valence electrons. The first-order valence-corrected chi connectivity index (χ1v) is 14.2. The molecule has 1 atom stereocenters. The van der Waals surface area contributed by atoms with Crippen LogP contribution in [0.25, 0.3) is 17.4 Å². The van der Waals surface area contributed by atoms with Gasteiger partial charge >= 0.3 is 11.9 Å². The quantitative estimate of drug-likeness (QED) is 0.283. The summed E-state index contributed by atoms with van der Waals surface area (Å²) < 4.78 is 13.2. The number of furan rings is 1. The third-order valence-electron chi connectivity index (χ3n) is 6.82. The lowest BCUT2D eigenvalue weighted by Gasteiger charge is -2.25. The Balaban J connectivity index is 1.60. The van der Waals surface area contributed by atoms with Gasteiger partial charge in [0.2, 0.25) is 0 Å². The van der Waals surface area contributed by atoms with Crippen molar-refractivity contribution in [1.29, 1.82) is 0 Å². The van der Waals surface area contributed by atoms with E-state index in [0.29, 0.717) is 43.6 Å². The summed E-state index contributed by atoms with van der Waals surface area (Å²) in [6.07, 6.45) is 1.63. The Bertz CT molecular complexity index is 1880. The average molecular weight is 591 g/mol. The van der Waals surface area contributed by atoms with Crippen molar-refractivity contribution in [3.05, 3.63) is 113 Å². The van der Waals surface area contributed by atoms with Gasteiger partial charge in [-0.1, -0.05) is 67.1 Å². The van der Waals surface area contributed by atoms with E-state index in [1.165, 1.54) is 28.0 Å². The molecular weight excluding hydrogens is 564 g/mol. The fourth-order valence-corrected chi connectivity index (χ4v) is 6.01. The number of esters is 1. The Morgan fingerprint density at radius 2 is 1.90 bits per heavy atom. The molecule has 0 saturated carbocycles. The number of hydrogen-bond donors (Lipinski definition) is 1. The van der Waals surface area contributed by atoms with Gasteiger partial charge < -0.3 is 14.3 Å². The van der Waals surface area contributed by atoms with Crippen LogP contribution in [0.2, 0.25) is 5.02 Å². The zero-order chi connectivity index (χ0) is 29.4. The van der Waals surface area contributed by atoms with Crippen LogP contribution in [-0.4, -0.2) is 28.2 Å². The molecule has 0 bridgehead atoms. The normalized spacial score (nSPS) is 15.2. The molecular formula is C31H27ClN2O6S. The van der Waals surface area contributed by atoms with Crippen LogP contribution >= 0.6 is 22.9 Å². The highest BCUT2D eigenvalue weighted by molar-refractivity contribution is 7.07. The maximum Gasteiger partial charge on any atom is 0.338 e. The molecule has 4 aromatic rings. The maximum atomic E-state index is 13.8. The molecule has 0 radical (unpaired) electrons. The lowest BCUT2D eigenvalue weighted by molar-refractivity contribution is -0.139. The first-order chi connectivity index (χ1) is 19.6. The van der Waals surface area contributed by atoms with Crippen LogP contribution in [-0.2, 0) is 9.53 Å². The standard InChI is InChI=1S/C31H27ClN2O6S/c1-5-39-30(38)26-17(4)33-31-34(27(26)19-8-6-18(7-9-19)16(2)3)28(35)25(41-31)15-21-11-13-24(40-21)20-10-12-22(29(36)37)23(32)14-20/h6-16,27H,5H2,1-4H3,(H,36,37)/b25-15-/t27-/m0/s1. The van der Waals surface area contributed by atoms with Crippen LogP contribution in [0.1, 0.15) is 66.9 Å². The number of halogens is 1. The molecule has 0 amide bonds. The van der Waals surface area contributed by atoms with Crippen molar-refractivity contribution < 1.29 is 23.8 Å². The molecule has 1 N–H and O–H groups in total. The van der Waals surface area contributed by atoms with Crippen molar-refractivity contribution >= 4 is 41.0 Å². The van der Waals surface area contributed by atoms with E-state index in [2.05, 4.69) is 18.8 Å². The number of aromatic carboxylic acids is 1. The molecule has 1 aliphatic rings. The minimum atomic E-state index is -1.12. The predicted molar refractivity (Wildman–Crippen MR) is 157 cm³/mol. The van der Waals surface area contributed by atoms with Gasteiger partial charge in [0.05, 0.1) is 39.0 Å². The van der Waals surface area contributed by atoms with Crippen LogP contribution in [0.15, 0.2) is 80.1 Å². The average Bonchev–Trinajstić information content (AvgIpc) is 3.52. The SMILES string of the molecule is CCOC(=O)C1=C(C)N=c2s/c(=C\c3ccc(-c4ccc(C(=O)O)c(Cl)c4)o3)c(=O)n2[C@H]1c1ccc(C(C)C)cc1. The molecule has 1 aliphatic heterocycles. The van der Waals surface area contributed by atoms with Gasteiger partial charge in [-0.15, -0.1) is 0 Å². The van der Waals surface area contributed by atoms with Gasteiger partial charge in [0.1, 0.15) is 11.5 Å². The van der Waals surface area contributed by atoms with Crippen LogP contribution in [0.4, 0.5) is 0 Å². The minimum absolute atomic E-state index is 0.00538. The smallest absolute Gasteiger partial charge is 0.338 e. The number of thiazole rings is 1. The number of aromatic nitrogens is 1. The van der Waals surface area contributed by atoms with E-state index in [1.807, 2.05) is 24.3 Å². The van der Waals surface area contributed by atoms with Crippen LogP contribution in [0.3, 0.4) is 0 Å². The number of carboxylic acid groups (broad SMARTS) is 1. The summed E-state index contributed by atoms with van der Waals surface area (Å²) in [5.74, 6) is -0.414. The van der Waals surface area contributed by atoms with E-state index in [9.17, 15) is 19.5 Å². The van der Waals surface area contributed by atoms with E-state index in [1.54, 1.807) is 38.1 Å². The fraction of sp³-hybridized carbons (Fsp3) is 0.226. The molecule has 41 heavy (non-hydrogen) atoms. The van der Waals surface area contributed by atoms with Gasteiger partial charge in [0.15, 0.2) is 4.80 Å². The van der Waals surface area contributed by atoms with Crippen LogP contribution in [0.5, 0.6) is 0 Å².